The molecule has 0 fully saturated rings. The molecule has 0 aromatic heterocycles. The first-order valence-corrected chi connectivity index (χ1v) is 15.4. The van der Waals surface area contributed by atoms with E-state index in [0.717, 1.165) is 24.7 Å². The van der Waals surface area contributed by atoms with E-state index in [1.807, 2.05) is 13.8 Å². The summed E-state index contributed by atoms with van der Waals surface area (Å²) in [7, 11) is -3.75. The zero-order valence-corrected chi connectivity index (χ0v) is 24.2. The Bertz CT molecular complexity index is 398. The first kappa shape index (κ1) is 33.6. The van der Waals surface area contributed by atoms with E-state index in [2.05, 4.69) is 27.7 Å². The summed E-state index contributed by atoms with van der Waals surface area (Å²) in [5.74, 6) is 1.59. The van der Waals surface area contributed by atoms with Gasteiger partial charge in [-0.05, 0) is 24.7 Å². The summed E-state index contributed by atoms with van der Waals surface area (Å²) >= 11 is 0. The summed E-state index contributed by atoms with van der Waals surface area (Å²) in [6.07, 6.45) is 14.7. The van der Waals surface area contributed by atoms with Crippen LogP contribution in [0, 0.1) is 17.3 Å². The second-order valence-electron chi connectivity index (χ2n) is 10.8. The molecule has 0 atom stereocenters. The van der Waals surface area contributed by atoms with Gasteiger partial charge in [0.15, 0.2) is 0 Å². The standard InChI is InChI=1S/C25H54O6P2/c1-23(2)17-13-9-7-11-15-19-28-33(31-22-25(5,6)21-30-32(26)27)29-20-16-12-8-10-14-18-24(3)4/h23-24,26-27H,7-22H2,1-6H3. The first-order chi connectivity index (χ1) is 15.6. The Morgan fingerprint density at radius 2 is 0.970 bits per heavy atom. The second-order valence-corrected chi connectivity index (χ2v) is 12.7. The normalized spacial score (nSPS) is 12.7. The van der Waals surface area contributed by atoms with Gasteiger partial charge < -0.3 is 27.9 Å². The van der Waals surface area contributed by atoms with E-state index < -0.39 is 17.2 Å². The average molecular weight is 513 g/mol. The molecule has 2 N–H and O–H groups in total. The maximum Gasteiger partial charge on any atom is 0.332 e. The molecule has 8 heteroatoms. The van der Waals surface area contributed by atoms with Crippen LogP contribution in [0.1, 0.15) is 119 Å². The lowest BCUT2D eigenvalue weighted by Crippen LogP contribution is -2.24. The van der Waals surface area contributed by atoms with Crippen LogP contribution >= 0.6 is 17.2 Å². The average Bonchev–Trinajstić information content (AvgIpc) is 2.73. The van der Waals surface area contributed by atoms with Gasteiger partial charge in [0.05, 0.1) is 26.4 Å². The molecule has 0 radical (unpaired) electrons. The summed E-state index contributed by atoms with van der Waals surface area (Å²) in [6.45, 7) is 15.0. The molecule has 0 aromatic carbocycles. The molecule has 0 rings (SSSR count). The molecule has 0 bridgehead atoms. The number of rotatable bonds is 24. The van der Waals surface area contributed by atoms with Crippen LogP contribution in [0.4, 0.5) is 0 Å². The Balaban J connectivity index is 4.16. The number of unbranched alkanes of at least 4 members (excludes halogenated alkanes) is 8. The van der Waals surface area contributed by atoms with E-state index in [1.165, 1.54) is 64.2 Å². The Kier molecular flexibility index (Phi) is 22.3. The predicted octanol–water partition coefficient (Wildman–Crippen LogP) is 8.51. The van der Waals surface area contributed by atoms with Crippen LogP contribution < -0.4 is 0 Å². The highest BCUT2D eigenvalue weighted by molar-refractivity contribution is 7.41. The molecule has 0 aliphatic rings. The van der Waals surface area contributed by atoms with Gasteiger partial charge in [-0.15, -0.1) is 0 Å². The van der Waals surface area contributed by atoms with Crippen LogP contribution in [0.3, 0.4) is 0 Å². The SMILES string of the molecule is CC(C)CCCCCCCOP(OCCCCCCCC(C)C)OCC(C)(C)COP(O)O. The van der Waals surface area contributed by atoms with Gasteiger partial charge in [-0.3, -0.25) is 0 Å². The minimum atomic E-state index is -2.35. The van der Waals surface area contributed by atoms with Crippen LogP contribution in [0.2, 0.25) is 0 Å². The molecule has 0 aliphatic heterocycles. The van der Waals surface area contributed by atoms with E-state index in [4.69, 9.17) is 27.9 Å². The van der Waals surface area contributed by atoms with E-state index in [9.17, 15) is 0 Å². The lowest BCUT2D eigenvalue weighted by Gasteiger charge is -2.26. The van der Waals surface area contributed by atoms with Crippen molar-refractivity contribution in [1.29, 1.82) is 0 Å². The van der Waals surface area contributed by atoms with Gasteiger partial charge in [-0.1, -0.05) is 106 Å². The summed E-state index contributed by atoms with van der Waals surface area (Å²) in [5.41, 5.74) is -0.355. The van der Waals surface area contributed by atoms with Crippen LogP contribution in [0.15, 0.2) is 0 Å². The van der Waals surface area contributed by atoms with Crippen LogP contribution in [-0.2, 0) is 18.1 Å². The minimum Gasteiger partial charge on any atom is -0.328 e. The van der Waals surface area contributed by atoms with Crippen molar-refractivity contribution in [1.82, 2.24) is 0 Å². The van der Waals surface area contributed by atoms with E-state index >= 15 is 0 Å². The molecule has 200 valence electrons. The van der Waals surface area contributed by atoms with Crippen molar-refractivity contribution < 1.29 is 27.9 Å². The van der Waals surface area contributed by atoms with Gasteiger partial charge in [-0.25, -0.2) is 0 Å². The highest BCUT2D eigenvalue weighted by atomic mass is 31.2. The van der Waals surface area contributed by atoms with Gasteiger partial charge >= 0.3 is 17.2 Å². The lowest BCUT2D eigenvalue weighted by molar-refractivity contribution is 0.0768. The zero-order valence-electron chi connectivity index (χ0n) is 22.4. The Labute approximate surface area is 207 Å². The lowest BCUT2D eigenvalue weighted by atomic mass is 9.97. The minimum absolute atomic E-state index is 0.210. The molecule has 0 aliphatic carbocycles. The van der Waals surface area contributed by atoms with Gasteiger partial charge in [0.2, 0.25) is 0 Å². The van der Waals surface area contributed by atoms with E-state index in [-0.39, 0.29) is 12.0 Å². The molecule has 0 heterocycles. The molecule has 6 nitrogen and oxygen atoms in total. The van der Waals surface area contributed by atoms with Crippen molar-refractivity contribution in [3.63, 3.8) is 0 Å². The maximum absolute atomic E-state index is 9.00. The molecular formula is C25H54O6P2. The summed E-state index contributed by atoms with van der Waals surface area (Å²) in [6, 6.07) is 0. The Morgan fingerprint density at radius 3 is 1.39 bits per heavy atom. The maximum atomic E-state index is 9.00. The fraction of sp³-hybridized carbons (Fsp3) is 1.00. The second kappa shape index (κ2) is 21.9. The van der Waals surface area contributed by atoms with Crippen molar-refractivity contribution in [3.05, 3.63) is 0 Å². The van der Waals surface area contributed by atoms with Crippen LogP contribution in [0.25, 0.3) is 0 Å². The quantitative estimate of drug-likeness (QED) is 0.0997. The Morgan fingerprint density at radius 1 is 0.576 bits per heavy atom. The van der Waals surface area contributed by atoms with Gasteiger partial charge in [0, 0.05) is 5.41 Å². The Hall–Kier alpha value is 0.620. The van der Waals surface area contributed by atoms with Crippen LogP contribution in [0.5, 0.6) is 0 Å². The molecule has 0 amide bonds. The molecular weight excluding hydrogens is 458 g/mol. The van der Waals surface area contributed by atoms with Crippen molar-refractivity contribution in [2.45, 2.75) is 119 Å². The number of hydrogen-bond acceptors (Lipinski definition) is 6. The summed E-state index contributed by atoms with van der Waals surface area (Å²) in [4.78, 5) is 18.0. The third-order valence-electron chi connectivity index (χ3n) is 5.38. The zero-order chi connectivity index (χ0) is 25.0. The topological polar surface area (TPSA) is 77.4 Å². The van der Waals surface area contributed by atoms with Crippen LogP contribution in [-0.4, -0.2) is 36.2 Å². The van der Waals surface area contributed by atoms with Gasteiger partial charge in [0.25, 0.3) is 0 Å². The van der Waals surface area contributed by atoms with E-state index in [1.54, 1.807) is 0 Å². The molecule has 0 saturated heterocycles. The van der Waals surface area contributed by atoms with E-state index in [0.29, 0.717) is 19.8 Å². The third kappa shape index (κ3) is 25.5. The fourth-order valence-corrected chi connectivity index (χ4v) is 4.96. The van der Waals surface area contributed by atoms with Gasteiger partial charge in [-0.2, -0.15) is 0 Å². The molecule has 0 unspecified atom stereocenters. The largest absolute Gasteiger partial charge is 0.332 e. The van der Waals surface area contributed by atoms with Crippen molar-refractivity contribution >= 4 is 17.2 Å². The molecule has 0 aromatic rings. The predicted molar refractivity (Wildman–Crippen MR) is 141 cm³/mol. The highest BCUT2D eigenvalue weighted by Crippen LogP contribution is 2.42. The van der Waals surface area contributed by atoms with Gasteiger partial charge in [0.1, 0.15) is 0 Å². The summed E-state index contributed by atoms with van der Waals surface area (Å²) < 4.78 is 22.9. The monoisotopic (exact) mass is 512 g/mol. The third-order valence-corrected chi connectivity index (χ3v) is 6.86. The van der Waals surface area contributed by atoms with Crippen molar-refractivity contribution in [2.75, 3.05) is 26.4 Å². The fourth-order valence-electron chi connectivity index (χ4n) is 3.26. The molecule has 33 heavy (non-hydrogen) atoms. The smallest absolute Gasteiger partial charge is 0.328 e. The summed E-state index contributed by atoms with van der Waals surface area (Å²) in [5, 5.41) is 0. The first-order valence-electron chi connectivity index (χ1n) is 13.1. The molecule has 0 spiro atoms. The highest BCUT2D eigenvalue weighted by Gasteiger charge is 2.24. The number of hydrogen-bond donors (Lipinski definition) is 2. The van der Waals surface area contributed by atoms with Crippen molar-refractivity contribution in [2.24, 2.45) is 17.3 Å². The van der Waals surface area contributed by atoms with Crippen molar-refractivity contribution in [3.8, 4) is 0 Å². The molecule has 0 saturated carbocycles.